The first-order valence-corrected chi connectivity index (χ1v) is 12.1. The zero-order chi connectivity index (χ0) is 25.7. The minimum absolute atomic E-state index is 0.367. The summed E-state index contributed by atoms with van der Waals surface area (Å²) in [5.74, 6) is 0.485. The van der Waals surface area contributed by atoms with Crippen LogP contribution in [0.1, 0.15) is 17.5 Å². The SMILES string of the molecule is Cn1ncc2cc(-c3ncc4c(ccn4C[C@@H]4CCNC4)c3-c3ccc(C#N)c(C(F)(F)F)c3)ccc21. The average Bonchev–Trinajstić information content (AvgIpc) is 3.64. The number of aromatic nitrogens is 4. The number of fused-ring (bicyclic) bond motifs is 2. The Morgan fingerprint density at radius 3 is 2.68 bits per heavy atom. The summed E-state index contributed by atoms with van der Waals surface area (Å²) in [6.45, 7) is 2.73. The third-order valence-corrected chi connectivity index (χ3v) is 7.20. The second-order valence-electron chi connectivity index (χ2n) is 9.52. The van der Waals surface area contributed by atoms with Gasteiger partial charge in [-0.3, -0.25) is 9.67 Å². The molecule has 1 saturated heterocycles. The smallest absolute Gasteiger partial charge is 0.346 e. The van der Waals surface area contributed by atoms with Crippen molar-refractivity contribution in [2.24, 2.45) is 13.0 Å². The van der Waals surface area contributed by atoms with Gasteiger partial charge >= 0.3 is 6.18 Å². The number of nitrogens with zero attached hydrogens (tertiary/aromatic N) is 5. The summed E-state index contributed by atoms with van der Waals surface area (Å²) < 4.78 is 45.6. The number of hydrogen-bond donors (Lipinski definition) is 1. The summed E-state index contributed by atoms with van der Waals surface area (Å²) in [6, 6.07) is 13.3. The Morgan fingerprint density at radius 2 is 1.92 bits per heavy atom. The Kier molecular flexibility index (Phi) is 5.50. The molecule has 1 aliphatic rings. The molecule has 6 nitrogen and oxygen atoms in total. The molecule has 9 heteroatoms. The molecule has 0 amide bonds. The number of nitrogens with one attached hydrogen (secondary N) is 1. The van der Waals surface area contributed by atoms with Crippen molar-refractivity contribution < 1.29 is 13.2 Å². The highest BCUT2D eigenvalue weighted by Crippen LogP contribution is 2.41. The van der Waals surface area contributed by atoms with E-state index in [0.29, 0.717) is 22.7 Å². The lowest BCUT2D eigenvalue weighted by atomic mass is 9.93. The summed E-state index contributed by atoms with van der Waals surface area (Å²) >= 11 is 0. The van der Waals surface area contributed by atoms with Crippen molar-refractivity contribution in [1.29, 1.82) is 5.26 Å². The summed E-state index contributed by atoms with van der Waals surface area (Å²) in [5.41, 5.74) is 2.80. The zero-order valence-electron chi connectivity index (χ0n) is 20.0. The van der Waals surface area contributed by atoms with Gasteiger partial charge in [-0.2, -0.15) is 23.5 Å². The van der Waals surface area contributed by atoms with Gasteiger partial charge in [0.05, 0.1) is 46.3 Å². The van der Waals surface area contributed by atoms with Gasteiger partial charge in [0, 0.05) is 41.7 Å². The largest absolute Gasteiger partial charge is 0.417 e. The van der Waals surface area contributed by atoms with Gasteiger partial charge in [-0.15, -0.1) is 0 Å². The molecule has 1 N–H and O–H groups in total. The van der Waals surface area contributed by atoms with Gasteiger partial charge in [0.25, 0.3) is 0 Å². The first-order chi connectivity index (χ1) is 17.8. The minimum atomic E-state index is -4.65. The number of aryl methyl sites for hydroxylation is 1. The van der Waals surface area contributed by atoms with E-state index in [9.17, 15) is 18.4 Å². The molecule has 1 fully saturated rings. The maximum Gasteiger partial charge on any atom is 0.417 e. The monoisotopic (exact) mass is 500 g/mol. The van der Waals surface area contributed by atoms with Crippen LogP contribution >= 0.6 is 0 Å². The van der Waals surface area contributed by atoms with Crippen molar-refractivity contribution in [3.63, 3.8) is 0 Å². The highest BCUT2D eigenvalue weighted by molar-refractivity contribution is 6.02. The maximum atomic E-state index is 13.9. The van der Waals surface area contributed by atoms with Gasteiger partial charge in [0.15, 0.2) is 0 Å². The molecule has 0 saturated carbocycles. The highest BCUT2D eigenvalue weighted by atomic mass is 19.4. The standard InChI is InChI=1S/C28H23F3N6/c1-36-24-5-4-19(10-21(24)14-35-36)27-26(18-2-3-20(12-32)23(11-18)28(29,30)31)22-7-9-37(25(22)15-34-27)16-17-6-8-33-13-17/h2-5,7,9-11,14-15,17,33H,6,8,13,16H2,1H3/t17-/m1/s1. The van der Waals surface area contributed by atoms with Gasteiger partial charge in [0.1, 0.15) is 0 Å². The molecule has 6 rings (SSSR count). The highest BCUT2D eigenvalue weighted by Gasteiger charge is 2.34. The van der Waals surface area contributed by atoms with Crippen LogP contribution in [0.25, 0.3) is 44.2 Å². The van der Waals surface area contributed by atoms with Crippen LogP contribution in [0.3, 0.4) is 0 Å². The van der Waals surface area contributed by atoms with Crippen molar-refractivity contribution in [3.05, 3.63) is 72.2 Å². The van der Waals surface area contributed by atoms with E-state index in [4.69, 9.17) is 4.98 Å². The fourth-order valence-electron chi connectivity index (χ4n) is 5.32. The average molecular weight is 501 g/mol. The van der Waals surface area contributed by atoms with Gasteiger partial charge < -0.3 is 9.88 Å². The van der Waals surface area contributed by atoms with E-state index < -0.39 is 17.3 Å². The quantitative estimate of drug-likeness (QED) is 0.341. The van der Waals surface area contributed by atoms with E-state index in [2.05, 4.69) is 15.0 Å². The fourth-order valence-corrected chi connectivity index (χ4v) is 5.32. The molecule has 1 atom stereocenters. The molecule has 3 aromatic heterocycles. The van der Waals surface area contributed by atoms with E-state index >= 15 is 0 Å². The fraction of sp³-hybridized carbons (Fsp3) is 0.250. The van der Waals surface area contributed by atoms with Crippen LogP contribution in [-0.4, -0.2) is 32.4 Å². The Bertz CT molecular complexity index is 1680. The predicted molar refractivity (Wildman–Crippen MR) is 136 cm³/mol. The van der Waals surface area contributed by atoms with E-state index in [1.807, 2.05) is 37.5 Å². The number of rotatable bonds is 4. The third-order valence-electron chi connectivity index (χ3n) is 7.20. The van der Waals surface area contributed by atoms with Crippen LogP contribution in [0.15, 0.2) is 61.1 Å². The van der Waals surface area contributed by atoms with E-state index in [0.717, 1.165) is 59.5 Å². The molecular formula is C28H23F3N6. The van der Waals surface area contributed by atoms with E-state index in [-0.39, 0.29) is 0 Å². The van der Waals surface area contributed by atoms with Crippen LogP contribution < -0.4 is 5.32 Å². The van der Waals surface area contributed by atoms with Crippen molar-refractivity contribution in [3.8, 4) is 28.5 Å². The Morgan fingerprint density at radius 1 is 1.08 bits per heavy atom. The number of benzene rings is 2. The summed E-state index contributed by atoms with van der Waals surface area (Å²) in [7, 11) is 1.86. The number of hydrogen-bond acceptors (Lipinski definition) is 4. The third kappa shape index (κ3) is 4.03. The normalized spacial score (nSPS) is 16.0. The minimum Gasteiger partial charge on any atom is -0.346 e. The van der Waals surface area contributed by atoms with Gasteiger partial charge in [0.2, 0.25) is 0 Å². The maximum absolute atomic E-state index is 13.9. The molecule has 37 heavy (non-hydrogen) atoms. The van der Waals surface area contributed by atoms with E-state index in [1.165, 1.54) is 6.07 Å². The number of pyridine rings is 1. The van der Waals surface area contributed by atoms with E-state index in [1.54, 1.807) is 29.2 Å². The van der Waals surface area contributed by atoms with Crippen molar-refractivity contribution in [2.45, 2.75) is 19.1 Å². The number of alkyl halides is 3. The first kappa shape index (κ1) is 23.3. The lowest BCUT2D eigenvalue weighted by Crippen LogP contribution is -2.14. The lowest BCUT2D eigenvalue weighted by molar-refractivity contribution is -0.137. The van der Waals surface area contributed by atoms with Crippen LogP contribution in [0.2, 0.25) is 0 Å². The summed E-state index contributed by atoms with van der Waals surface area (Å²) in [5, 5.41) is 18.7. The van der Waals surface area contributed by atoms with Crippen LogP contribution in [0, 0.1) is 17.2 Å². The topological polar surface area (TPSA) is 71.5 Å². The molecule has 0 unspecified atom stereocenters. The first-order valence-electron chi connectivity index (χ1n) is 12.1. The van der Waals surface area contributed by atoms with Crippen LogP contribution in [0.4, 0.5) is 13.2 Å². The molecule has 0 radical (unpaired) electrons. The molecule has 5 aromatic rings. The molecule has 0 spiro atoms. The van der Waals surface area contributed by atoms with Gasteiger partial charge in [-0.25, -0.2) is 0 Å². The van der Waals surface area contributed by atoms with Gasteiger partial charge in [-0.1, -0.05) is 12.1 Å². The summed E-state index contributed by atoms with van der Waals surface area (Å²) in [4.78, 5) is 4.80. The Hall–Kier alpha value is -4.16. The van der Waals surface area contributed by atoms with Crippen molar-refractivity contribution in [2.75, 3.05) is 13.1 Å². The number of nitriles is 1. The van der Waals surface area contributed by atoms with Crippen molar-refractivity contribution in [1.82, 2.24) is 24.6 Å². The Balaban J connectivity index is 1.59. The second kappa shape index (κ2) is 8.75. The molecule has 0 aliphatic carbocycles. The molecule has 0 bridgehead atoms. The lowest BCUT2D eigenvalue weighted by Gasteiger charge is -2.16. The molecule has 2 aromatic carbocycles. The van der Waals surface area contributed by atoms with Crippen LogP contribution in [-0.2, 0) is 19.8 Å². The number of halogens is 3. The molecule has 1 aliphatic heterocycles. The molecular weight excluding hydrogens is 477 g/mol. The summed E-state index contributed by atoms with van der Waals surface area (Å²) in [6.07, 6.45) is 1.97. The second-order valence-corrected chi connectivity index (χ2v) is 9.52. The molecule has 186 valence electrons. The zero-order valence-corrected chi connectivity index (χ0v) is 20.0. The van der Waals surface area contributed by atoms with Crippen molar-refractivity contribution >= 4 is 21.8 Å². The van der Waals surface area contributed by atoms with Gasteiger partial charge in [-0.05, 0) is 61.3 Å². The predicted octanol–water partition coefficient (Wildman–Crippen LogP) is 5.76. The Labute approximate surface area is 211 Å². The van der Waals surface area contributed by atoms with Crippen LogP contribution in [0.5, 0.6) is 0 Å². The molecule has 4 heterocycles.